The van der Waals surface area contributed by atoms with Gasteiger partial charge in [0.25, 0.3) is 0 Å². The highest BCUT2D eigenvalue weighted by atomic mass is 32.1. The summed E-state index contributed by atoms with van der Waals surface area (Å²) in [5.41, 5.74) is 2.08. The average molecular weight is 239 g/mol. The number of aromatic nitrogens is 2. The minimum absolute atomic E-state index is 0.301. The maximum Gasteiger partial charge on any atom is 0.143 e. The highest BCUT2D eigenvalue weighted by Gasteiger charge is 2.10. The molecule has 0 fully saturated rings. The Morgan fingerprint density at radius 1 is 1.27 bits per heavy atom. The smallest absolute Gasteiger partial charge is 0.143 e. The van der Waals surface area contributed by atoms with E-state index >= 15 is 0 Å². The molecule has 1 N–H and O–H groups in total. The standard InChI is InChI=1S/C10H13N3S2/c1-6(11-3)8-4-15-10(13-8)9-5-14-7(2)12-9/h4-6,11H,1-3H3. The van der Waals surface area contributed by atoms with Crippen molar-refractivity contribution in [1.82, 2.24) is 15.3 Å². The Kier molecular flexibility index (Phi) is 3.14. The van der Waals surface area contributed by atoms with Crippen LogP contribution in [0, 0.1) is 6.92 Å². The molecule has 2 heterocycles. The topological polar surface area (TPSA) is 37.8 Å². The Balaban J connectivity index is 2.27. The van der Waals surface area contributed by atoms with Gasteiger partial charge in [-0.05, 0) is 20.9 Å². The summed E-state index contributed by atoms with van der Waals surface area (Å²) < 4.78 is 0. The van der Waals surface area contributed by atoms with Crippen molar-refractivity contribution in [2.24, 2.45) is 0 Å². The van der Waals surface area contributed by atoms with Crippen molar-refractivity contribution in [3.05, 3.63) is 21.5 Å². The van der Waals surface area contributed by atoms with Crippen molar-refractivity contribution < 1.29 is 0 Å². The molecule has 0 saturated carbocycles. The largest absolute Gasteiger partial charge is 0.312 e. The molecule has 3 nitrogen and oxygen atoms in total. The number of aryl methyl sites for hydroxylation is 1. The van der Waals surface area contributed by atoms with Gasteiger partial charge in [-0.3, -0.25) is 0 Å². The molecule has 0 aliphatic carbocycles. The lowest BCUT2D eigenvalue weighted by Crippen LogP contribution is -2.12. The van der Waals surface area contributed by atoms with Crippen molar-refractivity contribution in [2.75, 3.05) is 7.05 Å². The number of nitrogens with zero attached hydrogens (tertiary/aromatic N) is 2. The molecule has 0 bridgehead atoms. The van der Waals surface area contributed by atoms with Crippen LogP contribution in [0.1, 0.15) is 23.7 Å². The molecule has 1 atom stereocenters. The Labute approximate surface area is 97.2 Å². The second kappa shape index (κ2) is 4.38. The molecule has 0 spiro atoms. The van der Waals surface area contributed by atoms with E-state index in [1.54, 1.807) is 22.7 Å². The number of hydrogen-bond donors (Lipinski definition) is 1. The Morgan fingerprint density at radius 3 is 2.67 bits per heavy atom. The van der Waals surface area contributed by atoms with Gasteiger partial charge in [0.05, 0.1) is 10.7 Å². The zero-order valence-corrected chi connectivity index (χ0v) is 10.6. The van der Waals surface area contributed by atoms with Gasteiger partial charge in [0.1, 0.15) is 10.7 Å². The van der Waals surface area contributed by atoms with E-state index in [1.807, 2.05) is 14.0 Å². The summed E-state index contributed by atoms with van der Waals surface area (Å²) in [7, 11) is 1.94. The predicted molar refractivity (Wildman–Crippen MR) is 65.4 cm³/mol. The Bertz CT molecular complexity index is 447. The van der Waals surface area contributed by atoms with Gasteiger partial charge in [-0.1, -0.05) is 0 Å². The lowest BCUT2D eigenvalue weighted by molar-refractivity contribution is 0.637. The third-order valence-electron chi connectivity index (χ3n) is 2.24. The van der Waals surface area contributed by atoms with Gasteiger partial charge in [0.2, 0.25) is 0 Å². The van der Waals surface area contributed by atoms with Crippen LogP contribution >= 0.6 is 22.7 Å². The molecule has 0 aromatic carbocycles. The average Bonchev–Trinajstić information content (AvgIpc) is 2.84. The first-order valence-electron chi connectivity index (χ1n) is 4.76. The van der Waals surface area contributed by atoms with Gasteiger partial charge in [-0.2, -0.15) is 0 Å². The number of rotatable bonds is 3. The fourth-order valence-corrected chi connectivity index (χ4v) is 2.76. The molecule has 2 aromatic heterocycles. The first kappa shape index (κ1) is 10.7. The van der Waals surface area contributed by atoms with Crippen LogP contribution in [0.25, 0.3) is 10.7 Å². The molecule has 0 radical (unpaired) electrons. The predicted octanol–water partition coefficient (Wildman–Crippen LogP) is 2.86. The third-order valence-corrected chi connectivity index (χ3v) is 3.89. The molecule has 2 aromatic rings. The minimum Gasteiger partial charge on any atom is -0.312 e. The maximum atomic E-state index is 4.56. The lowest BCUT2D eigenvalue weighted by atomic mass is 10.3. The highest BCUT2D eigenvalue weighted by molar-refractivity contribution is 7.14. The summed E-state index contributed by atoms with van der Waals surface area (Å²) in [5, 5.41) is 9.42. The Hall–Kier alpha value is -0.780. The molecule has 15 heavy (non-hydrogen) atoms. The Morgan fingerprint density at radius 2 is 2.07 bits per heavy atom. The number of hydrogen-bond acceptors (Lipinski definition) is 5. The van der Waals surface area contributed by atoms with E-state index in [1.165, 1.54) is 0 Å². The van der Waals surface area contributed by atoms with Crippen LogP contribution in [0.2, 0.25) is 0 Å². The van der Waals surface area contributed by atoms with Crippen molar-refractivity contribution in [3.63, 3.8) is 0 Å². The van der Waals surface area contributed by atoms with Crippen LogP contribution in [0.5, 0.6) is 0 Å². The molecule has 0 aliphatic rings. The van der Waals surface area contributed by atoms with Crippen LogP contribution in [-0.2, 0) is 0 Å². The van der Waals surface area contributed by atoms with Crippen LogP contribution in [0.15, 0.2) is 10.8 Å². The fourth-order valence-electron chi connectivity index (χ4n) is 1.21. The molecule has 0 saturated heterocycles. The van der Waals surface area contributed by atoms with Crippen molar-refractivity contribution >= 4 is 22.7 Å². The van der Waals surface area contributed by atoms with Gasteiger partial charge >= 0.3 is 0 Å². The molecular weight excluding hydrogens is 226 g/mol. The van der Waals surface area contributed by atoms with E-state index in [2.05, 4.69) is 33.0 Å². The summed E-state index contributed by atoms with van der Waals surface area (Å²) in [6, 6.07) is 0.301. The molecule has 0 amide bonds. The molecular formula is C10H13N3S2. The quantitative estimate of drug-likeness (QED) is 0.895. The first-order chi connectivity index (χ1) is 7.20. The fraction of sp³-hybridized carbons (Fsp3) is 0.400. The van der Waals surface area contributed by atoms with Crippen molar-refractivity contribution in [1.29, 1.82) is 0 Å². The lowest BCUT2D eigenvalue weighted by Gasteiger charge is -2.04. The van der Waals surface area contributed by atoms with E-state index in [4.69, 9.17) is 0 Å². The monoisotopic (exact) mass is 239 g/mol. The zero-order chi connectivity index (χ0) is 10.8. The summed E-state index contributed by atoms with van der Waals surface area (Å²) in [6.07, 6.45) is 0. The molecule has 5 heteroatoms. The van der Waals surface area contributed by atoms with E-state index in [-0.39, 0.29) is 0 Å². The van der Waals surface area contributed by atoms with Gasteiger partial charge in [-0.15, -0.1) is 22.7 Å². The van der Waals surface area contributed by atoms with Crippen molar-refractivity contribution in [3.8, 4) is 10.7 Å². The van der Waals surface area contributed by atoms with E-state index < -0.39 is 0 Å². The first-order valence-corrected chi connectivity index (χ1v) is 6.52. The molecule has 80 valence electrons. The van der Waals surface area contributed by atoms with Gasteiger partial charge in [0, 0.05) is 16.8 Å². The summed E-state index contributed by atoms with van der Waals surface area (Å²) >= 11 is 3.32. The number of nitrogens with one attached hydrogen (secondary N) is 1. The van der Waals surface area contributed by atoms with Crippen LogP contribution in [0.3, 0.4) is 0 Å². The molecule has 1 unspecified atom stereocenters. The van der Waals surface area contributed by atoms with E-state index in [0.29, 0.717) is 6.04 Å². The summed E-state index contributed by atoms with van der Waals surface area (Å²) in [4.78, 5) is 8.99. The summed E-state index contributed by atoms with van der Waals surface area (Å²) in [5.74, 6) is 0. The summed E-state index contributed by atoms with van der Waals surface area (Å²) in [6.45, 7) is 4.12. The minimum atomic E-state index is 0.301. The van der Waals surface area contributed by atoms with Crippen LogP contribution < -0.4 is 5.32 Å². The van der Waals surface area contributed by atoms with E-state index in [0.717, 1.165) is 21.4 Å². The molecule has 2 rings (SSSR count). The maximum absolute atomic E-state index is 4.56. The van der Waals surface area contributed by atoms with Crippen LogP contribution in [-0.4, -0.2) is 17.0 Å². The zero-order valence-electron chi connectivity index (χ0n) is 8.94. The van der Waals surface area contributed by atoms with Gasteiger partial charge < -0.3 is 5.32 Å². The third kappa shape index (κ3) is 2.25. The normalized spacial score (nSPS) is 13.0. The second-order valence-corrected chi connectivity index (χ2v) is 5.26. The van der Waals surface area contributed by atoms with Gasteiger partial charge in [0.15, 0.2) is 0 Å². The van der Waals surface area contributed by atoms with E-state index in [9.17, 15) is 0 Å². The number of thiazole rings is 2. The van der Waals surface area contributed by atoms with Gasteiger partial charge in [-0.25, -0.2) is 9.97 Å². The SMILES string of the molecule is CNC(C)c1csc(-c2csc(C)n2)n1. The second-order valence-electron chi connectivity index (χ2n) is 3.34. The highest BCUT2D eigenvalue weighted by Crippen LogP contribution is 2.26. The van der Waals surface area contributed by atoms with Crippen LogP contribution in [0.4, 0.5) is 0 Å². The van der Waals surface area contributed by atoms with Crippen molar-refractivity contribution in [2.45, 2.75) is 19.9 Å². The molecule has 0 aliphatic heterocycles.